The van der Waals surface area contributed by atoms with Crippen LogP contribution in [0, 0.1) is 0 Å². The zero-order valence-electron chi connectivity index (χ0n) is 12.1. The number of anilines is 1. The van der Waals surface area contributed by atoms with E-state index in [4.69, 9.17) is 14.8 Å². The lowest BCUT2D eigenvalue weighted by molar-refractivity contribution is 0.201. The molecule has 1 aromatic carbocycles. The van der Waals surface area contributed by atoms with Gasteiger partial charge in [-0.2, -0.15) is 0 Å². The predicted octanol–water partition coefficient (Wildman–Crippen LogP) is 3.18. The van der Waals surface area contributed by atoms with E-state index in [1.807, 2.05) is 35.6 Å². The Morgan fingerprint density at radius 3 is 2.86 bits per heavy atom. The summed E-state index contributed by atoms with van der Waals surface area (Å²) in [4.78, 5) is 6.21. The third kappa shape index (κ3) is 3.36. The lowest BCUT2D eigenvalue weighted by atomic mass is 10.2. The van der Waals surface area contributed by atoms with Gasteiger partial charge < -0.3 is 15.2 Å². The number of hydrogen-bond donors (Lipinski definition) is 2. The number of thiazole rings is 1. The van der Waals surface area contributed by atoms with Gasteiger partial charge in [0, 0.05) is 10.6 Å². The molecule has 1 atom stereocenters. The molecular weight excluding hydrogens is 284 g/mol. The summed E-state index contributed by atoms with van der Waals surface area (Å²) in [5.74, 6) is 0.774. The van der Waals surface area contributed by atoms with Crippen LogP contribution in [0.2, 0.25) is 0 Å². The van der Waals surface area contributed by atoms with Crippen LogP contribution in [0.15, 0.2) is 24.3 Å². The number of fused-ring (bicyclic) bond motifs is 1. The Kier molecular flexibility index (Phi) is 4.41. The fourth-order valence-electron chi connectivity index (χ4n) is 2.52. The van der Waals surface area contributed by atoms with Crippen LogP contribution in [0.4, 0.5) is 5.69 Å². The third-order valence-electron chi connectivity index (χ3n) is 3.58. The molecule has 0 fully saturated rings. The first-order valence-electron chi connectivity index (χ1n) is 7.35. The molecule has 3 rings (SSSR count). The van der Waals surface area contributed by atoms with E-state index in [-0.39, 0.29) is 12.6 Å². The van der Waals surface area contributed by atoms with Gasteiger partial charge in [-0.3, -0.25) is 0 Å². The molecule has 0 saturated heterocycles. The minimum atomic E-state index is 0.0335. The number of rotatable bonds is 6. The van der Waals surface area contributed by atoms with Crippen molar-refractivity contribution in [1.29, 1.82) is 0 Å². The van der Waals surface area contributed by atoms with Gasteiger partial charge in [0.25, 0.3) is 0 Å². The van der Waals surface area contributed by atoms with E-state index in [9.17, 15) is 0 Å². The predicted molar refractivity (Wildman–Crippen MR) is 85.2 cm³/mol. The minimum absolute atomic E-state index is 0.0335. The van der Waals surface area contributed by atoms with Crippen LogP contribution in [0.3, 0.4) is 0 Å². The number of ether oxygens (including phenoxy) is 1. The number of aliphatic hydroxyl groups excluding tert-OH is 1. The Morgan fingerprint density at radius 1 is 1.33 bits per heavy atom. The smallest absolute Gasteiger partial charge is 0.119 e. The molecule has 1 aliphatic rings. The van der Waals surface area contributed by atoms with Crippen LogP contribution in [0.5, 0.6) is 5.75 Å². The second kappa shape index (κ2) is 6.45. The zero-order chi connectivity index (χ0) is 14.7. The molecule has 112 valence electrons. The number of aliphatic hydroxyl groups is 1. The van der Waals surface area contributed by atoms with Crippen molar-refractivity contribution >= 4 is 17.0 Å². The molecule has 4 nitrogen and oxygen atoms in total. The number of aryl methyl sites for hydroxylation is 2. The van der Waals surface area contributed by atoms with Crippen molar-refractivity contribution in [2.24, 2.45) is 0 Å². The summed E-state index contributed by atoms with van der Waals surface area (Å²) in [6, 6.07) is 8.01. The van der Waals surface area contributed by atoms with Gasteiger partial charge >= 0.3 is 0 Å². The summed E-state index contributed by atoms with van der Waals surface area (Å²) >= 11 is 1.84. The first-order valence-corrected chi connectivity index (χ1v) is 8.16. The molecule has 0 bridgehead atoms. The van der Waals surface area contributed by atoms with E-state index >= 15 is 0 Å². The van der Waals surface area contributed by atoms with Gasteiger partial charge in [-0.15, -0.1) is 11.3 Å². The quantitative estimate of drug-likeness (QED) is 0.860. The van der Waals surface area contributed by atoms with Crippen molar-refractivity contribution in [1.82, 2.24) is 4.98 Å². The SMILES string of the molecule is CC(Nc1ccc(OCCO)cc1)c1nc2c(s1)CCC2. The molecule has 0 aliphatic heterocycles. The lowest BCUT2D eigenvalue weighted by Gasteiger charge is -2.13. The van der Waals surface area contributed by atoms with Crippen LogP contribution in [0.1, 0.15) is 35.0 Å². The molecule has 0 spiro atoms. The topological polar surface area (TPSA) is 54.4 Å². The average molecular weight is 304 g/mol. The molecule has 0 saturated carbocycles. The summed E-state index contributed by atoms with van der Waals surface area (Å²) in [5, 5.41) is 13.4. The maximum absolute atomic E-state index is 8.73. The average Bonchev–Trinajstić information content (AvgIpc) is 3.07. The van der Waals surface area contributed by atoms with Crippen LogP contribution in [-0.2, 0) is 12.8 Å². The second-order valence-corrected chi connectivity index (χ2v) is 6.35. The molecule has 1 aromatic heterocycles. The van der Waals surface area contributed by atoms with E-state index < -0.39 is 0 Å². The van der Waals surface area contributed by atoms with Crippen molar-refractivity contribution in [2.75, 3.05) is 18.5 Å². The maximum atomic E-state index is 8.73. The summed E-state index contributed by atoms with van der Waals surface area (Å²) < 4.78 is 5.35. The largest absolute Gasteiger partial charge is 0.491 e. The molecule has 2 aromatic rings. The van der Waals surface area contributed by atoms with Crippen molar-refractivity contribution in [3.8, 4) is 5.75 Å². The summed E-state index contributed by atoms with van der Waals surface area (Å²) in [6.07, 6.45) is 3.58. The van der Waals surface area contributed by atoms with E-state index in [1.165, 1.54) is 28.4 Å². The molecular formula is C16H20N2O2S. The standard InChI is InChI=1S/C16H20N2O2S/c1-11(16-18-14-3-2-4-15(14)21-16)17-12-5-7-13(8-6-12)20-10-9-19/h5-8,11,17,19H,2-4,9-10H2,1H3. The maximum Gasteiger partial charge on any atom is 0.119 e. The van der Waals surface area contributed by atoms with Crippen LogP contribution in [-0.4, -0.2) is 23.3 Å². The van der Waals surface area contributed by atoms with E-state index in [0.29, 0.717) is 6.61 Å². The van der Waals surface area contributed by atoms with Crippen molar-refractivity contribution in [3.05, 3.63) is 39.8 Å². The Labute approximate surface area is 128 Å². The van der Waals surface area contributed by atoms with Gasteiger partial charge in [0.1, 0.15) is 17.4 Å². The van der Waals surface area contributed by atoms with Crippen molar-refractivity contribution in [2.45, 2.75) is 32.2 Å². The van der Waals surface area contributed by atoms with E-state index in [2.05, 4.69) is 12.2 Å². The first kappa shape index (κ1) is 14.4. The molecule has 0 radical (unpaired) electrons. The zero-order valence-corrected chi connectivity index (χ0v) is 12.9. The fraction of sp³-hybridized carbons (Fsp3) is 0.438. The first-order chi connectivity index (χ1) is 10.3. The Hall–Kier alpha value is -1.59. The Bertz CT molecular complexity index is 573. The number of benzene rings is 1. The van der Waals surface area contributed by atoms with Crippen LogP contribution < -0.4 is 10.1 Å². The van der Waals surface area contributed by atoms with Gasteiger partial charge in [0.05, 0.1) is 18.3 Å². The van der Waals surface area contributed by atoms with Gasteiger partial charge in [-0.25, -0.2) is 4.98 Å². The highest BCUT2D eigenvalue weighted by atomic mass is 32.1. The van der Waals surface area contributed by atoms with E-state index in [0.717, 1.165) is 17.9 Å². The normalized spacial score (nSPS) is 14.8. The highest BCUT2D eigenvalue weighted by Gasteiger charge is 2.19. The number of nitrogens with one attached hydrogen (secondary N) is 1. The van der Waals surface area contributed by atoms with Gasteiger partial charge in [-0.1, -0.05) is 0 Å². The highest BCUT2D eigenvalue weighted by Crippen LogP contribution is 2.32. The molecule has 1 aliphatic carbocycles. The molecule has 0 amide bonds. The Balaban J connectivity index is 1.62. The van der Waals surface area contributed by atoms with Crippen molar-refractivity contribution < 1.29 is 9.84 Å². The van der Waals surface area contributed by atoms with E-state index in [1.54, 1.807) is 0 Å². The molecule has 2 N–H and O–H groups in total. The van der Waals surface area contributed by atoms with Crippen molar-refractivity contribution in [3.63, 3.8) is 0 Å². The monoisotopic (exact) mass is 304 g/mol. The number of hydrogen-bond acceptors (Lipinski definition) is 5. The fourth-order valence-corrected chi connectivity index (χ4v) is 3.67. The summed E-state index contributed by atoms with van der Waals surface area (Å²) in [5.41, 5.74) is 2.35. The second-order valence-electron chi connectivity index (χ2n) is 5.24. The summed E-state index contributed by atoms with van der Waals surface area (Å²) in [6.45, 7) is 2.50. The Morgan fingerprint density at radius 2 is 2.14 bits per heavy atom. The molecule has 1 unspecified atom stereocenters. The third-order valence-corrected chi connectivity index (χ3v) is 4.92. The van der Waals surface area contributed by atoms with Crippen LogP contribution >= 0.6 is 11.3 Å². The summed E-state index contributed by atoms with van der Waals surface area (Å²) in [7, 11) is 0. The van der Waals surface area contributed by atoms with Gasteiger partial charge in [-0.05, 0) is 50.5 Å². The lowest BCUT2D eigenvalue weighted by Crippen LogP contribution is -2.06. The highest BCUT2D eigenvalue weighted by molar-refractivity contribution is 7.11. The minimum Gasteiger partial charge on any atom is -0.491 e. The molecule has 1 heterocycles. The van der Waals surface area contributed by atoms with Gasteiger partial charge in [0.2, 0.25) is 0 Å². The number of nitrogens with zero attached hydrogens (tertiary/aromatic N) is 1. The molecule has 5 heteroatoms. The van der Waals surface area contributed by atoms with Gasteiger partial charge in [0.15, 0.2) is 0 Å². The number of aromatic nitrogens is 1. The molecule has 21 heavy (non-hydrogen) atoms. The van der Waals surface area contributed by atoms with Crippen LogP contribution in [0.25, 0.3) is 0 Å².